The molecule has 8 nitrogen and oxygen atoms in total. The zero-order chi connectivity index (χ0) is 24.2. The van der Waals surface area contributed by atoms with Gasteiger partial charge in [-0.15, -0.1) is 0 Å². The van der Waals surface area contributed by atoms with E-state index in [9.17, 15) is 19.2 Å². The first-order chi connectivity index (χ1) is 16.3. The lowest BCUT2D eigenvalue weighted by atomic mass is 9.92. The highest BCUT2D eigenvalue weighted by atomic mass is 16.5. The topological polar surface area (TPSA) is 93.2 Å². The SMILES string of the molecule is CC(=O)Oc1ccc(OC(C)=O)c(C2=C3C(=O)N(CCc4ccccc4)CC(=O)N3CCC2)c1. The summed E-state index contributed by atoms with van der Waals surface area (Å²) in [6.07, 6.45) is 1.79. The van der Waals surface area contributed by atoms with E-state index in [2.05, 4.69) is 0 Å². The Morgan fingerprint density at radius 1 is 0.971 bits per heavy atom. The van der Waals surface area contributed by atoms with Gasteiger partial charge in [0.15, 0.2) is 0 Å². The van der Waals surface area contributed by atoms with E-state index >= 15 is 0 Å². The fraction of sp³-hybridized carbons (Fsp3) is 0.308. The number of benzene rings is 2. The van der Waals surface area contributed by atoms with Gasteiger partial charge in [0.1, 0.15) is 23.7 Å². The maximum atomic E-state index is 13.6. The van der Waals surface area contributed by atoms with Gasteiger partial charge >= 0.3 is 11.9 Å². The van der Waals surface area contributed by atoms with Gasteiger partial charge in [0.05, 0.1) is 0 Å². The Hall–Kier alpha value is -3.94. The van der Waals surface area contributed by atoms with E-state index in [4.69, 9.17) is 9.47 Å². The molecule has 0 bridgehead atoms. The van der Waals surface area contributed by atoms with Crippen LogP contribution in [0.2, 0.25) is 0 Å². The van der Waals surface area contributed by atoms with Crippen molar-refractivity contribution >= 4 is 29.3 Å². The number of piperazine rings is 1. The predicted octanol–water partition coefficient (Wildman–Crippen LogP) is 2.96. The summed E-state index contributed by atoms with van der Waals surface area (Å²) in [4.78, 5) is 52.9. The van der Waals surface area contributed by atoms with Crippen molar-refractivity contribution in [3.63, 3.8) is 0 Å². The van der Waals surface area contributed by atoms with E-state index in [0.717, 1.165) is 5.56 Å². The molecule has 2 aromatic rings. The van der Waals surface area contributed by atoms with Crippen molar-refractivity contribution in [2.45, 2.75) is 33.1 Å². The molecule has 0 aromatic heterocycles. The number of esters is 2. The Labute approximate surface area is 197 Å². The Balaban J connectivity index is 1.74. The second kappa shape index (κ2) is 9.91. The van der Waals surface area contributed by atoms with Crippen LogP contribution in [-0.4, -0.2) is 53.2 Å². The van der Waals surface area contributed by atoms with Crippen molar-refractivity contribution in [2.24, 2.45) is 0 Å². The van der Waals surface area contributed by atoms with Crippen LogP contribution in [0, 0.1) is 0 Å². The van der Waals surface area contributed by atoms with E-state index in [1.807, 2.05) is 30.3 Å². The molecule has 0 radical (unpaired) electrons. The number of carbonyl (C=O) groups excluding carboxylic acids is 4. The van der Waals surface area contributed by atoms with E-state index in [1.54, 1.807) is 11.0 Å². The Bertz CT molecular complexity index is 1170. The molecule has 34 heavy (non-hydrogen) atoms. The van der Waals surface area contributed by atoms with E-state index in [1.165, 1.54) is 30.9 Å². The molecule has 8 heteroatoms. The highest BCUT2D eigenvalue weighted by Gasteiger charge is 2.39. The first-order valence-corrected chi connectivity index (χ1v) is 11.2. The molecule has 0 N–H and O–H groups in total. The second-order valence-electron chi connectivity index (χ2n) is 8.28. The third kappa shape index (κ3) is 5.01. The number of fused-ring (bicyclic) bond motifs is 1. The van der Waals surface area contributed by atoms with E-state index in [-0.39, 0.29) is 29.9 Å². The number of hydrogen-bond donors (Lipinski definition) is 0. The van der Waals surface area contributed by atoms with Gasteiger partial charge in [-0.1, -0.05) is 30.3 Å². The number of ether oxygens (including phenoxy) is 2. The summed E-state index contributed by atoms with van der Waals surface area (Å²) < 4.78 is 10.6. The van der Waals surface area contributed by atoms with Crippen molar-refractivity contribution in [3.05, 3.63) is 65.4 Å². The van der Waals surface area contributed by atoms with E-state index in [0.29, 0.717) is 49.2 Å². The molecule has 2 aliphatic heterocycles. The molecule has 0 spiro atoms. The quantitative estimate of drug-likeness (QED) is 0.484. The highest BCUT2D eigenvalue weighted by molar-refractivity contribution is 6.09. The van der Waals surface area contributed by atoms with Gasteiger partial charge < -0.3 is 19.3 Å². The summed E-state index contributed by atoms with van der Waals surface area (Å²) in [5.41, 5.74) is 2.43. The largest absolute Gasteiger partial charge is 0.427 e. The number of rotatable bonds is 6. The molecule has 4 rings (SSSR count). The number of hydrogen-bond acceptors (Lipinski definition) is 6. The Kier molecular flexibility index (Phi) is 6.77. The minimum absolute atomic E-state index is 0.0206. The normalized spacial score (nSPS) is 15.8. The fourth-order valence-electron chi connectivity index (χ4n) is 4.34. The molecule has 176 valence electrons. The van der Waals surface area contributed by atoms with Crippen LogP contribution in [0.3, 0.4) is 0 Å². The van der Waals surface area contributed by atoms with Crippen molar-refractivity contribution in [1.29, 1.82) is 0 Å². The zero-order valence-electron chi connectivity index (χ0n) is 19.2. The monoisotopic (exact) mass is 462 g/mol. The summed E-state index contributed by atoms with van der Waals surface area (Å²) >= 11 is 0. The maximum absolute atomic E-state index is 13.6. The first kappa shape index (κ1) is 23.2. The molecular weight excluding hydrogens is 436 g/mol. The van der Waals surface area contributed by atoms with Gasteiger partial charge in [-0.3, -0.25) is 19.2 Å². The van der Waals surface area contributed by atoms with Crippen LogP contribution in [-0.2, 0) is 25.6 Å². The lowest BCUT2D eigenvalue weighted by Gasteiger charge is -2.39. The number of carbonyl (C=O) groups is 4. The molecule has 0 unspecified atom stereocenters. The zero-order valence-corrected chi connectivity index (χ0v) is 19.2. The average Bonchev–Trinajstić information content (AvgIpc) is 2.81. The fourth-order valence-corrected chi connectivity index (χ4v) is 4.34. The summed E-state index contributed by atoms with van der Waals surface area (Å²) in [5, 5.41) is 0. The van der Waals surface area contributed by atoms with Gasteiger partial charge in [0.25, 0.3) is 5.91 Å². The van der Waals surface area contributed by atoms with Crippen LogP contribution in [0.4, 0.5) is 0 Å². The molecule has 0 saturated carbocycles. The molecule has 2 heterocycles. The van der Waals surface area contributed by atoms with Crippen LogP contribution < -0.4 is 9.47 Å². The lowest BCUT2D eigenvalue weighted by Crippen LogP contribution is -2.54. The number of amides is 2. The molecule has 0 aliphatic carbocycles. The minimum Gasteiger partial charge on any atom is -0.427 e. The van der Waals surface area contributed by atoms with Gasteiger partial charge in [-0.25, -0.2) is 0 Å². The highest BCUT2D eigenvalue weighted by Crippen LogP contribution is 2.39. The lowest BCUT2D eigenvalue weighted by molar-refractivity contribution is -0.145. The predicted molar refractivity (Wildman–Crippen MR) is 124 cm³/mol. The third-order valence-electron chi connectivity index (χ3n) is 5.79. The summed E-state index contributed by atoms with van der Waals surface area (Å²) in [6.45, 7) is 3.45. The van der Waals surface area contributed by atoms with Gasteiger partial charge in [0.2, 0.25) is 5.91 Å². The van der Waals surface area contributed by atoms with Crippen LogP contribution in [0.1, 0.15) is 37.8 Å². The molecule has 0 atom stereocenters. The van der Waals surface area contributed by atoms with Crippen LogP contribution in [0.5, 0.6) is 11.5 Å². The third-order valence-corrected chi connectivity index (χ3v) is 5.79. The Morgan fingerprint density at radius 2 is 1.71 bits per heavy atom. The van der Waals surface area contributed by atoms with Crippen molar-refractivity contribution < 1.29 is 28.7 Å². The second-order valence-corrected chi connectivity index (χ2v) is 8.28. The van der Waals surface area contributed by atoms with Gasteiger partial charge in [-0.2, -0.15) is 0 Å². The minimum atomic E-state index is -0.518. The Morgan fingerprint density at radius 3 is 2.41 bits per heavy atom. The standard InChI is InChI=1S/C26H26N2O6/c1-17(29)33-20-10-11-23(34-18(2)30)22(15-20)21-9-6-13-28-24(31)16-27(26(32)25(21)28)14-12-19-7-4-3-5-8-19/h3-5,7-8,10-11,15H,6,9,12-14,16H2,1-2H3. The smallest absolute Gasteiger partial charge is 0.308 e. The van der Waals surface area contributed by atoms with Crippen LogP contribution in [0.25, 0.3) is 5.57 Å². The average molecular weight is 463 g/mol. The van der Waals surface area contributed by atoms with Crippen molar-refractivity contribution in [3.8, 4) is 11.5 Å². The number of nitrogens with zero attached hydrogens (tertiary/aromatic N) is 2. The van der Waals surface area contributed by atoms with Gasteiger partial charge in [0, 0.05) is 32.5 Å². The molecule has 2 aromatic carbocycles. The van der Waals surface area contributed by atoms with Crippen molar-refractivity contribution in [1.82, 2.24) is 9.80 Å². The van der Waals surface area contributed by atoms with Crippen molar-refractivity contribution in [2.75, 3.05) is 19.6 Å². The molecule has 1 fully saturated rings. The van der Waals surface area contributed by atoms with E-state index < -0.39 is 11.9 Å². The number of allylic oxidation sites excluding steroid dienone is 1. The first-order valence-electron chi connectivity index (χ1n) is 11.2. The van der Waals surface area contributed by atoms with Gasteiger partial charge in [-0.05, 0) is 48.6 Å². The van der Waals surface area contributed by atoms with Crippen LogP contribution >= 0.6 is 0 Å². The molecule has 2 aliphatic rings. The molecular formula is C26H26N2O6. The summed E-state index contributed by atoms with van der Waals surface area (Å²) in [6, 6.07) is 14.4. The summed E-state index contributed by atoms with van der Waals surface area (Å²) in [7, 11) is 0. The molecule has 2 amide bonds. The summed E-state index contributed by atoms with van der Waals surface area (Å²) in [5.74, 6) is -0.893. The maximum Gasteiger partial charge on any atom is 0.308 e. The van der Waals surface area contributed by atoms with Crippen LogP contribution in [0.15, 0.2) is 54.2 Å². The molecule has 1 saturated heterocycles.